The fraction of sp³-hybridized carbons (Fsp3) is 0.261. The van der Waals surface area contributed by atoms with Gasteiger partial charge in [0.15, 0.2) is 0 Å². The zero-order valence-electron chi connectivity index (χ0n) is 18.0. The number of aromatic amines is 1. The predicted molar refractivity (Wildman–Crippen MR) is 121 cm³/mol. The van der Waals surface area contributed by atoms with Gasteiger partial charge in [-0.1, -0.05) is 29.4 Å². The van der Waals surface area contributed by atoms with Crippen molar-refractivity contribution in [2.45, 2.75) is 13.5 Å². The lowest BCUT2D eigenvalue weighted by molar-refractivity contribution is -0.384. The van der Waals surface area contributed by atoms with Crippen molar-refractivity contribution >= 4 is 22.5 Å². The minimum atomic E-state index is -0.457. The van der Waals surface area contributed by atoms with Gasteiger partial charge in [-0.2, -0.15) is 4.98 Å². The Morgan fingerprint density at radius 1 is 1.18 bits per heavy atom. The molecule has 1 saturated heterocycles. The molecule has 0 radical (unpaired) electrons. The number of benzene rings is 2. The van der Waals surface area contributed by atoms with Crippen LogP contribution in [0.1, 0.15) is 21.8 Å². The smallest absolute Gasteiger partial charge is 0.270 e. The average Bonchev–Trinajstić information content (AvgIpc) is 3.46. The van der Waals surface area contributed by atoms with Crippen LogP contribution in [0.3, 0.4) is 0 Å². The van der Waals surface area contributed by atoms with E-state index in [1.54, 1.807) is 17.2 Å². The van der Waals surface area contributed by atoms with Gasteiger partial charge in [0.1, 0.15) is 0 Å². The first-order valence-corrected chi connectivity index (χ1v) is 10.7. The second kappa shape index (κ2) is 8.47. The SMILES string of the molecule is Cc1ccccc1-c1noc(CN2CCN(C(=O)c3c[nH]c4ccc([N+](=O)[O-])cc34)CC2)n1. The zero-order valence-corrected chi connectivity index (χ0v) is 18.0. The highest BCUT2D eigenvalue weighted by Crippen LogP contribution is 2.25. The summed E-state index contributed by atoms with van der Waals surface area (Å²) in [6.45, 7) is 4.93. The maximum Gasteiger partial charge on any atom is 0.270 e. The summed E-state index contributed by atoms with van der Waals surface area (Å²) in [5, 5.41) is 15.8. The summed E-state index contributed by atoms with van der Waals surface area (Å²) < 4.78 is 5.45. The number of hydrogen-bond donors (Lipinski definition) is 1. The molecule has 2 aromatic heterocycles. The Morgan fingerprint density at radius 2 is 1.97 bits per heavy atom. The third kappa shape index (κ3) is 4.08. The molecule has 0 saturated carbocycles. The number of carbonyl (C=O) groups is 1. The van der Waals surface area contributed by atoms with Gasteiger partial charge in [0, 0.05) is 61.0 Å². The van der Waals surface area contributed by atoms with Crippen molar-refractivity contribution in [3.05, 3.63) is 75.8 Å². The van der Waals surface area contributed by atoms with Gasteiger partial charge in [0.25, 0.3) is 11.6 Å². The van der Waals surface area contributed by atoms with E-state index in [-0.39, 0.29) is 11.6 Å². The van der Waals surface area contributed by atoms with Crippen molar-refractivity contribution in [2.24, 2.45) is 0 Å². The summed E-state index contributed by atoms with van der Waals surface area (Å²) in [6, 6.07) is 12.4. The minimum absolute atomic E-state index is 0.0365. The van der Waals surface area contributed by atoms with Gasteiger partial charge < -0.3 is 14.4 Å². The van der Waals surface area contributed by atoms with E-state index < -0.39 is 4.92 Å². The number of rotatable bonds is 5. The van der Waals surface area contributed by atoms with E-state index in [1.807, 2.05) is 31.2 Å². The summed E-state index contributed by atoms with van der Waals surface area (Å²) in [6.07, 6.45) is 1.62. The minimum Gasteiger partial charge on any atom is -0.360 e. The molecule has 1 amide bonds. The molecule has 10 heteroatoms. The van der Waals surface area contributed by atoms with E-state index in [1.165, 1.54) is 12.1 Å². The number of nitrogens with one attached hydrogen (secondary N) is 1. The lowest BCUT2D eigenvalue weighted by Crippen LogP contribution is -2.48. The van der Waals surface area contributed by atoms with Crippen LogP contribution in [-0.4, -0.2) is 61.9 Å². The van der Waals surface area contributed by atoms with Crippen LogP contribution in [-0.2, 0) is 6.54 Å². The molecule has 1 N–H and O–H groups in total. The molecule has 33 heavy (non-hydrogen) atoms. The molecule has 168 valence electrons. The molecule has 1 fully saturated rings. The lowest BCUT2D eigenvalue weighted by Gasteiger charge is -2.33. The van der Waals surface area contributed by atoms with Crippen molar-refractivity contribution in [2.75, 3.05) is 26.2 Å². The Bertz CT molecular complexity index is 1340. The van der Waals surface area contributed by atoms with Crippen LogP contribution in [0.25, 0.3) is 22.3 Å². The van der Waals surface area contributed by atoms with Crippen molar-refractivity contribution in [1.29, 1.82) is 0 Å². The van der Waals surface area contributed by atoms with Crippen molar-refractivity contribution in [1.82, 2.24) is 24.9 Å². The molecule has 3 heterocycles. The van der Waals surface area contributed by atoms with E-state index in [9.17, 15) is 14.9 Å². The Kier molecular flexibility index (Phi) is 5.35. The van der Waals surface area contributed by atoms with Crippen LogP contribution in [0.2, 0.25) is 0 Å². The standard InChI is InChI=1S/C23H22N6O4/c1-15-4-2-3-5-17(15)22-25-21(33-26-22)14-27-8-10-28(11-9-27)23(30)19-13-24-20-7-6-16(29(31)32)12-18(19)20/h2-7,12-13,24H,8-11,14H2,1H3. The molecule has 10 nitrogen and oxygen atoms in total. The number of aromatic nitrogens is 3. The number of carbonyl (C=O) groups excluding carboxylic acids is 1. The number of piperazine rings is 1. The predicted octanol–water partition coefficient (Wildman–Crippen LogP) is 3.39. The Labute approximate surface area is 189 Å². The lowest BCUT2D eigenvalue weighted by atomic mass is 10.1. The van der Waals surface area contributed by atoms with Gasteiger partial charge in [0.05, 0.1) is 17.0 Å². The van der Waals surface area contributed by atoms with Crippen LogP contribution in [0.4, 0.5) is 5.69 Å². The topological polar surface area (TPSA) is 121 Å². The molecular formula is C23H22N6O4. The van der Waals surface area contributed by atoms with Crippen LogP contribution in [0, 0.1) is 17.0 Å². The third-order valence-corrected chi connectivity index (χ3v) is 5.98. The summed E-state index contributed by atoms with van der Waals surface area (Å²) >= 11 is 0. The summed E-state index contributed by atoms with van der Waals surface area (Å²) in [5.74, 6) is 0.975. The number of non-ortho nitro benzene ring substituents is 1. The first kappa shape index (κ1) is 20.8. The largest absolute Gasteiger partial charge is 0.360 e. The molecular weight excluding hydrogens is 424 g/mol. The molecule has 1 aliphatic rings. The van der Waals surface area contributed by atoms with E-state index in [4.69, 9.17) is 4.52 Å². The quantitative estimate of drug-likeness (QED) is 0.368. The fourth-order valence-electron chi connectivity index (χ4n) is 4.12. The maximum absolute atomic E-state index is 13.1. The van der Waals surface area contributed by atoms with Crippen LogP contribution < -0.4 is 0 Å². The number of nitro groups is 1. The van der Waals surface area contributed by atoms with Crippen molar-refractivity contribution in [3.63, 3.8) is 0 Å². The normalized spacial score (nSPS) is 14.6. The highest BCUT2D eigenvalue weighted by molar-refractivity contribution is 6.07. The number of hydrogen-bond acceptors (Lipinski definition) is 7. The molecule has 0 unspecified atom stereocenters. The number of aryl methyl sites for hydroxylation is 1. The van der Waals surface area contributed by atoms with Gasteiger partial charge in [-0.25, -0.2) is 0 Å². The van der Waals surface area contributed by atoms with Crippen molar-refractivity contribution in [3.8, 4) is 11.4 Å². The summed E-state index contributed by atoms with van der Waals surface area (Å²) in [5.41, 5.74) is 3.14. The molecule has 2 aromatic carbocycles. The van der Waals surface area contributed by atoms with Gasteiger partial charge in [-0.05, 0) is 18.6 Å². The fourth-order valence-corrected chi connectivity index (χ4v) is 4.12. The van der Waals surface area contributed by atoms with Gasteiger partial charge in [-0.15, -0.1) is 0 Å². The maximum atomic E-state index is 13.1. The van der Waals surface area contributed by atoms with Crippen LogP contribution in [0.5, 0.6) is 0 Å². The second-order valence-electron chi connectivity index (χ2n) is 8.08. The first-order valence-electron chi connectivity index (χ1n) is 10.7. The number of fused-ring (bicyclic) bond motifs is 1. The second-order valence-corrected chi connectivity index (χ2v) is 8.08. The number of nitrogens with zero attached hydrogens (tertiary/aromatic N) is 5. The van der Waals surface area contributed by atoms with E-state index in [2.05, 4.69) is 20.0 Å². The highest BCUT2D eigenvalue weighted by Gasteiger charge is 2.26. The first-order chi connectivity index (χ1) is 16.0. The van der Waals surface area contributed by atoms with Crippen LogP contribution >= 0.6 is 0 Å². The van der Waals surface area contributed by atoms with Gasteiger partial charge in [0.2, 0.25) is 11.7 Å². The van der Waals surface area contributed by atoms with Crippen molar-refractivity contribution < 1.29 is 14.2 Å². The summed E-state index contributed by atoms with van der Waals surface area (Å²) in [4.78, 5) is 35.2. The van der Waals surface area contributed by atoms with Gasteiger partial charge in [-0.3, -0.25) is 19.8 Å². The van der Waals surface area contributed by atoms with E-state index >= 15 is 0 Å². The molecule has 0 atom stereocenters. The average molecular weight is 446 g/mol. The van der Waals surface area contributed by atoms with E-state index in [0.717, 1.165) is 11.1 Å². The monoisotopic (exact) mass is 446 g/mol. The highest BCUT2D eigenvalue weighted by atomic mass is 16.6. The van der Waals surface area contributed by atoms with Crippen LogP contribution in [0.15, 0.2) is 53.2 Å². The van der Waals surface area contributed by atoms with E-state index in [0.29, 0.717) is 60.9 Å². The number of H-pyrrole nitrogens is 1. The molecule has 0 aliphatic carbocycles. The number of nitro benzene ring substituents is 1. The molecule has 4 aromatic rings. The van der Waals surface area contributed by atoms with Gasteiger partial charge >= 0.3 is 0 Å². The molecule has 1 aliphatic heterocycles. The zero-order chi connectivity index (χ0) is 22.9. The number of amides is 1. The summed E-state index contributed by atoms with van der Waals surface area (Å²) in [7, 11) is 0. The Morgan fingerprint density at radius 3 is 2.73 bits per heavy atom. The third-order valence-electron chi connectivity index (χ3n) is 5.98. The Hall–Kier alpha value is -4.05. The molecule has 0 bridgehead atoms. The molecule has 0 spiro atoms. The molecule has 5 rings (SSSR count). The Balaban J connectivity index is 1.23.